The fourth-order valence-electron chi connectivity index (χ4n) is 6.42. The number of carbonyl (C=O) groups excluding carboxylic acids is 2. The molecule has 12 heteroatoms. The number of halogens is 2. The number of likely N-dealkylation sites (tertiary alicyclic amines) is 1. The van der Waals surface area contributed by atoms with Crippen LogP contribution in [0.2, 0.25) is 0 Å². The van der Waals surface area contributed by atoms with Gasteiger partial charge in [-0.25, -0.2) is 28.3 Å². The van der Waals surface area contributed by atoms with E-state index in [4.69, 9.17) is 9.72 Å². The lowest BCUT2D eigenvalue weighted by Crippen LogP contribution is -2.52. The minimum atomic E-state index is -0.866. The van der Waals surface area contributed by atoms with E-state index in [1.54, 1.807) is 17.2 Å². The van der Waals surface area contributed by atoms with Crippen molar-refractivity contribution in [3.8, 4) is 0 Å². The molecule has 3 amide bonds. The van der Waals surface area contributed by atoms with Gasteiger partial charge in [0.15, 0.2) is 11.6 Å². The Morgan fingerprint density at radius 1 is 1.17 bits per heavy atom. The molecule has 2 aromatic heterocycles. The maximum atomic E-state index is 14.9. The van der Waals surface area contributed by atoms with Crippen LogP contribution in [-0.2, 0) is 16.9 Å². The predicted molar refractivity (Wildman–Crippen MR) is 151 cm³/mol. The topological polar surface area (TPSA) is 105 Å². The molecule has 3 atom stereocenters. The van der Waals surface area contributed by atoms with Crippen LogP contribution < -0.4 is 10.6 Å². The molecule has 1 fully saturated rings. The zero-order valence-electron chi connectivity index (χ0n) is 23.9. The lowest BCUT2D eigenvalue weighted by Gasteiger charge is -2.43. The number of amides is 3. The smallest absolute Gasteiger partial charge is 0.413 e. The van der Waals surface area contributed by atoms with Crippen LogP contribution in [0.5, 0.6) is 0 Å². The number of pyridine rings is 1. The number of nitrogens with zero attached hydrogens (tertiary/aromatic N) is 5. The van der Waals surface area contributed by atoms with Gasteiger partial charge in [-0.2, -0.15) is 0 Å². The lowest BCUT2D eigenvalue weighted by molar-refractivity contribution is -0.0308. The molecule has 1 aromatic carbocycles. The number of fused-ring (bicyclic) bond motifs is 3. The van der Waals surface area contributed by atoms with E-state index in [1.807, 2.05) is 32.4 Å². The van der Waals surface area contributed by atoms with E-state index in [2.05, 4.69) is 32.0 Å². The number of piperidine rings is 1. The normalized spacial score (nSPS) is 22.0. The van der Waals surface area contributed by atoms with Crippen molar-refractivity contribution in [2.45, 2.75) is 62.8 Å². The molecule has 6 rings (SSSR count). The van der Waals surface area contributed by atoms with Gasteiger partial charge in [0.05, 0.1) is 17.9 Å². The van der Waals surface area contributed by atoms with Crippen molar-refractivity contribution in [1.29, 1.82) is 0 Å². The third-order valence-corrected chi connectivity index (χ3v) is 9.02. The number of ether oxygens (including phenoxy) is 1. The minimum absolute atomic E-state index is 0.0158. The summed E-state index contributed by atoms with van der Waals surface area (Å²) in [6.45, 7) is 3.25. The monoisotopic (exact) mass is 579 g/mol. The first-order valence-corrected chi connectivity index (χ1v) is 14.3. The highest BCUT2D eigenvalue weighted by molar-refractivity contribution is 5.87. The number of carbonyl (C=O) groups is 2. The third-order valence-electron chi connectivity index (χ3n) is 9.02. The predicted octanol–water partition coefficient (Wildman–Crippen LogP) is 5.06. The van der Waals surface area contributed by atoms with Crippen molar-refractivity contribution in [3.63, 3.8) is 0 Å². The van der Waals surface area contributed by atoms with E-state index in [-0.39, 0.29) is 18.0 Å². The quantitative estimate of drug-likeness (QED) is 0.448. The Morgan fingerprint density at radius 3 is 2.71 bits per heavy atom. The van der Waals surface area contributed by atoms with E-state index in [0.717, 1.165) is 17.3 Å². The summed E-state index contributed by atoms with van der Waals surface area (Å²) in [6.07, 6.45) is 4.82. The van der Waals surface area contributed by atoms with Crippen molar-refractivity contribution < 1.29 is 23.1 Å². The summed E-state index contributed by atoms with van der Waals surface area (Å²) in [5.41, 5.74) is 1.25. The summed E-state index contributed by atoms with van der Waals surface area (Å²) in [5.74, 6) is -0.792. The van der Waals surface area contributed by atoms with Crippen LogP contribution in [-0.4, -0.2) is 63.6 Å². The zero-order chi connectivity index (χ0) is 29.6. The van der Waals surface area contributed by atoms with Gasteiger partial charge in [0.25, 0.3) is 0 Å². The molecule has 0 saturated carbocycles. The Morgan fingerprint density at radius 2 is 1.95 bits per heavy atom. The standard InChI is InChI=1S/C30H35F2N7O3/c1-18(37(2)3)24-16-34-27-23(10-9-19(17-39(24)27)20-6-4-8-22(31)25(20)32)35-28(40)38-14-11-30(12-15-38)21-7-5-13-33-26(21)36-29(41)42-30/h4-8,13,16,18-19,23H,9-12,14-15,17H2,1-3H3,(H,35,40)(H,33,36,41)/t18?,19-,23-/m1/s1. The summed E-state index contributed by atoms with van der Waals surface area (Å²) < 4.78 is 36.9. The molecule has 0 bridgehead atoms. The Hall–Kier alpha value is -4.06. The summed E-state index contributed by atoms with van der Waals surface area (Å²) in [5, 5.41) is 5.83. The van der Waals surface area contributed by atoms with Gasteiger partial charge in [-0.05, 0) is 57.6 Å². The first-order valence-electron chi connectivity index (χ1n) is 14.3. The largest absolute Gasteiger partial charge is 0.437 e. The van der Waals surface area contributed by atoms with Crippen LogP contribution in [0, 0.1) is 11.6 Å². The number of nitrogens with one attached hydrogen (secondary N) is 2. The zero-order valence-corrected chi connectivity index (χ0v) is 23.9. The highest BCUT2D eigenvalue weighted by Gasteiger charge is 2.46. The maximum absolute atomic E-state index is 14.9. The average Bonchev–Trinajstić information content (AvgIpc) is 3.30. The minimum Gasteiger partial charge on any atom is -0.437 e. The van der Waals surface area contributed by atoms with E-state index < -0.39 is 29.4 Å². The average molecular weight is 580 g/mol. The van der Waals surface area contributed by atoms with Crippen LogP contribution in [0.25, 0.3) is 0 Å². The molecule has 2 N–H and O–H groups in total. The number of aromatic nitrogens is 3. The molecule has 10 nitrogen and oxygen atoms in total. The van der Waals surface area contributed by atoms with Crippen molar-refractivity contribution in [2.75, 3.05) is 32.5 Å². The highest BCUT2D eigenvalue weighted by atomic mass is 19.2. The van der Waals surface area contributed by atoms with Crippen molar-refractivity contribution in [1.82, 2.24) is 29.7 Å². The summed E-state index contributed by atoms with van der Waals surface area (Å²) in [4.78, 5) is 38.7. The molecule has 222 valence electrons. The number of hydrogen-bond acceptors (Lipinski definition) is 6. The fourth-order valence-corrected chi connectivity index (χ4v) is 6.42. The van der Waals surface area contributed by atoms with E-state index in [0.29, 0.717) is 62.5 Å². The number of hydrogen-bond donors (Lipinski definition) is 2. The molecule has 0 radical (unpaired) electrons. The molecule has 3 aliphatic rings. The van der Waals surface area contributed by atoms with Crippen LogP contribution in [0.1, 0.15) is 73.3 Å². The van der Waals surface area contributed by atoms with E-state index in [9.17, 15) is 18.4 Å². The molecule has 42 heavy (non-hydrogen) atoms. The third kappa shape index (κ3) is 4.97. The molecule has 3 aromatic rings. The molecule has 0 aliphatic carbocycles. The molecule has 1 saturated heterocycles. The first-order chi connectivity index (χ1) is 20.2. The summed E-state index contributed by atoms with van der Waals surface area (Å²) >= 11 is 0. The van der Waals surface area contributed by atoms with Gasteiger partial charge in [-0.3, -0.25) is 5.32 Å². The number of urea groups is 1. The fraction of sp³-hybridized carbons (Fsp3) is 0.467. The van der Waals surface area contributed by atoms with Gasteiger partial charge in [0.1, 0.15) is 17.2 Å². The Bertz CT molecular complexity index is 1500. The SMILES string of the molecule is CC(c1cnc2n1C[C@H](c1cccc(F)c1F)CC[C@H]2NC(=O)N1CCC2(CC1)OC(=O)Nc1ncccc12)N(C)C. The Balaban J connectivity index is 1.22. The van der Waals surface area contributed by atoms with Crippen LogP contribution in [0.3, 0.4) is 0 Å². The van der Waals surface area contributed by atoms with E-state index >= 15 is 0 Å². The second-order valence-corrected chi connectivity index (χ2v) is 11.6. The number of benzene rings is 1. The highest BCUT2D eigenvalue weighted by Crippen LogP contribution is 2.43. The number of imidazole rings is 1. The molecular formula is C30H35F2N7O3. The van der Waals surface area contributed by atoms with E-state index in [1.165, 1.54) is 6.07 Å². The molecule has 5 heterocycles. The molecule has 3 aliphatic heterocycles. The van der Waals surface area contributed by atoms with Crippen molar-refractivity contribution in [2.24, 2.45) is 0 Å². The second kappa shape index (κ2) is 11.0. The Labute approximate surface area is 243 Å². The Kier molecular flexibility index (Phi) is 7.34. The number of anilines is 1. The summed E-state index contributed by atoms with van der Waals surface area (Å²) in [6, 6.07) is 7.36. The van der Waals surface area contributed by atoms with Gasteiger partial charge < -0.3 is 24.4 Å². The van der Waals surface area contributed by atoms with Crippen molar-refractivity contribution in [3.05, 3.63) is 77.0 Å². The molecular weight excluding hydrogens is 544 g/mol. The summed E-state index contributed by atoms with van der Waals surface area (Å²) in [7, 11) is 3.95. The number of rotatable bonds is 4. The first kappa shape index (κ1) is 28.1. The van der Waals surface area contributed by atoms with Gasteiger partial charge in [0, 0.05) is 56.2 Å². The second-order valence-electron chi connectivity index (χ2n) is 11.6. The van der Waals surface area contributed by atoms with Gasteiger partial charge in [-0.1, -0.05) is 12.1 Å². The van der Waals surface area contributed by atoms with Gasteiger partial charge >= 0.3 is 12.1 Å². The molecule has 1 unspecified atom stereocenters. The van der Waals surface area contributed by atoms with Gasteiger partial charge in [0.2, 0.25) is 0 Å². The van der Waals surface area contributed by atoms with Crippen molar-refractivity contribution >= 4 is 17.9 Å². The van der Waals surface area contributed by atoms with Gasteiger partial charge in [-0.15, -0.1) is 0 Å². The van der Waals surface area contributed by atoms with Crippen LogP contribution in [0.4, 0.5) is 24.2 Å². The van der Waals surface area contributed by atoms with Crippen LogP contribution >= 0.6 is 0 Å². The lowest BCUT2D eigenvalue weighted by atomic mass is 9.83. The molecule has 1 spiro atoms. The van der Waals surface area contributed by atoms with Crippen LogP contribution in [0.15, 0.2) is 42.7 Å². The maximum Gasteiger partial charge on any atom is 0.413 e.